The average Bonchev–Trinajstić information content (AvgIpc) is 3.17. The number of nitrogens with one attached hydrogen (secondary N) is 1. The quantitative estimate of drug-likeness (QED) is 0.824. The molecule has 3 rings (SSSR count). The molecular formula is C15H20FN. The maximum absolute atomic E-state index is 13.6. The van der Waals surface area contributed by atoms with Crippen molar-refractivity contribution in [1.82, 2.24) is 0 Å². The van der Waals surface area contributed by atoms with E-state index in [4.69, 9.17) is 0 Å². The van der Waals surface area contributed by atoms with Gasteiger partial charge in [0.1, 0.15) is 5.82 Å². The number of para-hydroxylation sites is 1. The van der Waals surface area contributed by atoms with E-state index in [1.165, 1.54) is 44.6 Å². The Hall–Kier alpha value is -1.05. The fraction of sp³-hybridized carbons (Fsp3) is 0.600. The molecule has 2 fully saturated rings. The summed E-state index contributed by atoms with van der Waals surface area (Å²) in [5.74, 6) is 1.76. The monoisotopic (exact) mass is 233 g/mol. The van der Waals surface area contributed by atoms with Gasteiger partial charge in [0.05, 0.1) is 5.69 Å². The molecule has 1 N–H and O–H groups in total. The molecule has 0 aliphatic heterocycles. The average molecular weight is 233 g/mol. The van der Waals surface area contributed by atoms with Gasteiger partial charge in [-0.05, 0) is 49.7 Å². The first-order chi connectivity index (χ1) is 8.33. The molecule has 1 aromatic carbocycles. The van der Waals surface area contributed by atoms with Crippen LogP contribution in [-0.4, -0.2) is 6.04 Å². The molecule has 92 valence electrons. The van der Waals surface area contributed by atoms with E-state index in [1.807, 2.05) is 12.1 Å². The van der Waals surface area contributed by atoms with Gasteiger partial charge in [-0.3, -0.25) is 0 Å². The predicted octanol–water partition coefficient (Wildman–Crippen LogP) is 4.21. The molecule has 1 aromatic rings. The number of anilines is 1. The van der Waals surface area contributed by atoms with E-state index in [2.05, 4.69) is 5.32 Å². The third kappa shape index (κ3) is 2.62. The van der Waals surface area contributed by atoms with Crippen LogP contribution in [0.2, 0.25) is 0 Å². The second kappa shape index (κ2) is 4.67. The molecule has 0 heterocycles. The van der Waals surface area contributed by atoms with Crippen LogP contribution in [-0.2, 0) is 0 Å². The van der Waals surface area contributed by atoms with E-state index >= 15 is 0 Å². The number of hydrogen-bond acceptors (Lipinski definition) is 1. The Morgan fingerprint density at radius 3 is 2.59 bits per heavy atom. The Kier molecular flexibility index (Phi) is 3.04. The molecule has 2 atom stereocenters. The van der Waals surface area contributed by atoms with E-state index in [9.17, 15) is 4.39 Å². The Morgan fingerprint density at radius 2 is 1.82 bits per heavy atom. The highest BCUT2D eigenvalue weighted by molar-refractivity contribution is 5.45. The van der Waals surface area contributed by atoms with Crippen LogP contribution >= 0.6 is 0 Å². The van der Waals surface area contributed by atoms with Crippen LogP contribution in [0.5, 0.6) is 0 Å². The van der Waals surface area contributed by atoms with Crippen molar-refractivity contribution in [3.8, 4) is 0 Å². The van der Waals surface area contributed by atoms with E-state index in [-0.39, 0.29) is 5.82 Å². The topological polar surface area (TPSA) is 12.0 Å². The highest BCUT2D eigenvalue weighted by atomic mass is 19.1. The molecule has 0 saturated heterocycles. The van der Waals surface area contributed by atoms with Crippen molar-refractivity contribution in [3.63, 3.8) is 0 Å². The molecule has 2 heteroatoms. The fourth-order valence-electron chi connectivity index (χ4n) is 3.15. The van der Waals surface area contributed by atoms with Crippen LogP contribution in [0, 0.1) is 17.7 Å². The summed E-state index contributed by atoms with van der Waals surface area (Å²) in [7, 11) is 0. The molecule has 0 radical (unpaired) electrons. The Bertz CT molecular complexity index is 386. The Balaban J connectivity index is 1.62. The maximum atomic E-state index is 13.6. The molecule has 0 aromatic heterocycles. The zero-order valence-electron chi connectivity index (χ0n) is 10.2. The second-order valence-electron chi connectivity index (χ2n) is 5.59. The number of benzene rings is 1. The van der Waals surface area contributed by atoms with Crippen molar-refractivity contribution in [2.75, 3.05) is 5.32 Å². The highest BCUT2D eigenvalue weighted by Gasteiger charge is 2.34. The first-order valence-corrected chi connectivity index (χ1v) is 6.84. The van der Waals surface area contributed by atoms with Crippen molar-refractivity contribution in [2.24, 2.45) is 11.8 Å². The fourth-order valence-corrected chi connectivity index (χ4v) is 3.15. The molecule has 2 saturated carbocycles. The standard InChI is InChI=1S/C15H20FN/c16-14-6-1-2-7-15(14)17-13-5-3-4-12(10-13)11-8-9-11/h1-2,6-7,11-13,17H,3-5,8-10H2. The summed E-state index contributed by atoms with van der Waals surface area (Å²) >= 11 is 0. The van der Waals surface area contributed by atoms with E-state index in [1.54, 1.807) is 6.07 Å². The number of halogens is 1. The van der Waals surface area contributed by atoms with E-state index in [0.717, 1.165) is 11.8 Å². The van der Waals surface area contributed by atoms with Crippen LogP contribution < -0.4 is 5.32 Å². The van der Waals surface area contributed by atoms with Gasteiger partial charge in [-0.15, -0.1) is 0 Å². The van der Waals surface area contributed by atoms with Crippen LogP contribution in [0.3, 0.4) is 0 Å². The summed E-state index contributed by atoms with van der Waals surface area (Å²) in [5.41, 5.74) is 0.675. The van der Waals surface area contributed by atoms with Crippen molar-refractivity contribution < 1.29 is 4.39 Å². The van der Waals surface area contributed by atoms with Gasteiger partial charge in [0.15, 0.2) is 0 Å². The zero-order valence-corrected chi connectivity index (χ0v) is 10.2. The van der Waals surface area contributed by atoms with Crippen molar-refractivity contribution in [3.05, 3.63) is 30.1 Å². The lowest BCUT2D eigenvalue weighted by Gasteiger charge is -2.30. The molecule has 2 aliphatic rings. The minimum atomic E-state index is -0.124. The van der Waals surface area contributed by atoms with Gasteiger partial charge in [0, 0.05) is 6.04 Å². The van der Waals surface area contributed by atoms with Gasteiger partial charge in [0.25, 0.3) is 0 Å². The number of hydrogen-bond donors (Lipinski definition) is 1. The van der Waals surface area contributed by atoms with Crippen LogP contribution in [0.25, 0.3) is 0 Å². The molecule has 2 aliphatic carbocycles. The normalized spacial score (nSPS) is 29.0. The van der Waals surface area contributed by atoms with E-state index < -0.39 is 0 Å². The van der Waals surface area contributed by atoms with Gasteiger partial charge >= 0.3 is 0 Å². The molecule has 0 spiro atoms. The summed E-state index contributed by atoms with van der Waals surface area (Å²) in [6.07, 6.45) is 7.97. The molecule has 17 heavy (non-hydrogen) atoms. The Labute approximate surface area is 102 Å². The van der Waals surface area contributed by atoms with Crippen LogP contribution in [0.4, 0.5) is 10.1 Å². The third-order valence-electron chi connectivity index (χ3n) is 4.24. The summed E-state index contributed by atoms with van der Waals surface area (Å²) in [4.78, 5) is 0. The molecule has 1 nitrogen and oxygen atoms in total. The lowest BCUT2D eigenvalue weighted by molar-refractivity contribution is 0.302. The first kappa shape index (κ1) is 11.1. The summed E-state index contributed by atoms with van der Waals surface area (Å²) in [6.45, 7) is 0. The van der Waals surface area contributed by atoms with E-state index in [0.29, 0.717) is 11.7 Å². The molecular weight excluding hydrogens is 213 g/mol. The number of rotatable bonds is 3. The van der Waals surface area contributed by atoms with Crippen LogP contribution in [0.1, 0.15) is 38.5 Å². The summed E-state index contributed by atoms with van der Waals surface area (Å²) < 4.78 is 13.6. The van der Waals surface area contributed by atoms with Crippen molar-refractivity contribution in [2.45, 2.75) is 44.6 Å². The van der Waals surface area contributed by atoms with Crippen molar-refractivity contribution >= 4 is 5.69 Å². The van der Waals surface area contributed by atoms with Gasteiger partial charge < -0.3 is 5.32 Å². The maximum Gasteiger partial charge on any atom is 0.146 e. The largest absolute Gasteiger partial charge is 0.380 e. The zero-order chi connectivity index (χ0) is 11.7. The minimum absolute atomic E-state index is 0.124. The van der Waals surface area contributed by atoms with Crippen molar-refractivity contribution in [1.29, 1.82) is 0 Å². The molecule has 2 unspecified atom stereocenters. The smallest absolute Gasteiger partial charge is 0.146 e. The van der Waals surface area contributed by atoms with Crippen LogP contribution in [0.15, 0.2) is 24.3 Å². The SMILES string of the molecule is Fc1ccccc1NC1CCCC(C2CC2)C1. The third-order valence-corrected chi connectivity index (χ3v) is 4.24. The Morgan fingerprint density at radius 1 is 1.00 bits per heavy atom. The van der Waals surface area contributed by atoms with Gasteiger partial charge in [-0.1, -0.05) is 25.0 Å². The predicted molar refractivity (Wildman–Crippen MR) is 68.5 cm³/mol. The molecule has 0 amide bonds. The lowest BCUT2D eigenvalue weighted by Crippen LogP contribution is -2.28. The highest BCUT2D eigenvalue weighted by Crippen LogP contribution is 2.44. The summed E-state index contributed by atoms with van der Waals surface area (Å²) in [5, 5.41) is 3.39. The second-order valence-corrected chi connectivity index (χ2v) is 5.59. The first-order valence-electron chi connectivity index (χ1n) is 6.84. The van der Waals surface area contributed by atoms with Gasteiger partial charge in [-0.25, -0.2) is 4.39 Å². The summed E-state index contributed by atoms with van der Waals surface area (Å²) in [6, 6.07) is 7.49. The minimum Gasteiger partial charge on any atom is -0.380 e. The molecule has 0 bridgehead atoms. The van der Waals surface area contributed by atoms with Gasteiger partial charge in [-0.2, -0.15) is 0 Å². The lowest BCUT2D eigenvalue weighted by atomic mass is 9.82. The van der Waals surface area contributed by atoms with Gasteiger partial charge in [0.2, 0.25) is 0 Å².